The van der Waals surface area contributed by atoms with Crippen LogP contribution in [0.25, 0.3) is 11.0 Å². The second-order valence-electron chi connectivity index (χ2n) is 7.38. The van der Waals surface area contributed by atoms with Gasteiger partial charge in [-0.05, 0) is 36.2 Å². The highest BCUT2D eigenvalue weighted by Gasteiger charge is 2.30. The van der Waals surface area contributed by atoms with Crippen LogP contribution in [0.5, 0.6) is 0 Å². The number of nitrogens with two attached hydrogens (primary N) is 1. The van der Waals surface area contributed by atoms with E-state index in [4.69, 9.17) is 5.73 Å². The number of anilines is 3. The first-order valence-electron chi connectivity index (χ1n) is 9.63. The first-order valence-corrected chi connectivity index (χ1v) is 10.4. The normalized spacial score (nSPS) is 12.8. The topological polar surface area (TPSA) is 98.7 Å². The first kappa shape index (κ1) is 21.8. The number of nitrogens with zero attached hydrogens (tertiary/aromatic N) is 4. The maximum atomic E-state index is 12.8. The van der Waals surface area contributed by atoms with Gasteiger partial charge in [-0.3, -0.25) is 9.78 Å². The van der Waals surface area contributed by atoms with Gasteiger partial charge in [0.25, 0.3) is 0 Å². The fourth-order valence-electron chi connectivity index (χ4n) is 3.19. The average molecular weight is 460 g/mol. The summed E-state index contributed by atoms with van der Waals surface area (Å²) in [5.41, 5.74) is 7.27. The van der Waals surface area contributed by atoms with Gasteiger partial charge in [0, 0.05) is 30.2 Å². The number of benzene rings is 1. The predicted octanol–water partition coefficient (Wildman–Crippen LogP) is 5.15. The summed E-state index contributed by atoms with van der Waals surface area (Å²) < 4.78 is 39.8. The Labute approximate surface area is 185 Å². The van der Waals surface area contributed by atoms with Crippen LogP contribution in [-0.2, 0) is 13.2 Å². The van der Waals surface area contributed by atoms with Gasteiger partial charge in [0.05, 0.1) is 17.3 Å². The van der Waals surface area contributed by atoms with Crippen LogP contribution in [0.3, 0.4) is 0 Å². The molecule has 4 aromatic rings. The smallest absolute Gasteiger partial charge is 0.369 e. The molecule has 3 N–H and O–H groups in total. The Morgan fingerprint density at radius 3 is 2.62 bits per heavy atom. The third-order valence-electron chi connectivity index (χ3n) is 5.05. The zero-order chi connectivity index (χ0) is 23.0. The molecule has 0 aliphatic rings. The van der Waals surface area contributed by atoms with Crippen molar-refractivity contribution in [2.24, 2.45) is 7.05 Å². The molecule has 0 aliphatic carbocycles. The van der Waals surface area contributed by atoms with Crippen molar-refractivity contribution in [2.75, 3.05) is 11.1 Å². The number of carbonyl (C=O) groups is 1. The third kappa shape index (κ3) is 4.42. The summed E-state index contributed by atoms with van der Waals surface area (Å²) in [6.45, 7) is 1.91. The number of alkyl halides is 3. The van der Waals surface area contributed by atoms with Gasteiger partial charge in [-0.15, -0.1) is 11.3 Å². The molecule has 0 aliphatic heterocycles. The number of nitrogens with one attached hydrogen (secondary N) is 1. The number of hydrogen-bond acceptors (Lipinski definition) is 7. The predicted molar refractivity (Wildman–Crippen MR) is 117 cm³/mol. The number of thiazole rings is 1. The van der Waals surface area contributed by atoms with Crippen LogP contribution in [0.1, 0.15) is 40.2 Å². The first-order chi connectivity index (χ1) is 15.1. The van der Waals surface area contributed by atoms with Crippen LogP contribution in [0, 0.1) is 0 Å². The number of nitrogen functional groups attached to an aromatic ring is 1. The van der Waals surface area contributed by atoms with Gasteiger partial charge in [-0.1, -0.05) is 6.92 Å². The molecular formula is C21H19F3N6OS. The van der Waals surface area contributed by atoms with Crippen LogP contribution in [-0.4, -0.2) is 25.3 Å². The van der Waals surface area contributed by atoms with E-state index in [1.165, 1.54) is 29.7 Å². The van der Waals surface area contributed by atoms with Crippen molar-refractivity contribution in [3.8, 4) is 0 Å². The molecule has 7 nitrogen and oxygen atoms in total. The third-order valence-corrected chi connectivity index (χ3v) is 6.20. The Bertz CT molecular complexity index is 1280. The van der Waals surface area contributed by atoms with E-state index in [-0.39, 0.29) is 18.1 Å². The second kappa shape index (κ2) is 8.23. The monoisotopic (exact) mass is 460 g/mol. The highest BCUT2D eigenvalue weighted by molar-refractivity contribution is 7.15. The molecule has 1 aromatic carbocycles. The molecule has 0 saturated carbocycles. The molecule has 0 radical (unpaired) electrons. The lowest BCUT2D eigenvalue weighted by atomic mass is 10.0. The molecule has 0 fully saturated rings. The van der Waals surface area contributed by atoms with Gasteiger partial charge >= 0.3 is 6.18 Å². The van der Waals surface area contributed by atoms with Crippen molar-refractivity contribution in [1.29, 1.82) is 0 Å². The zero-order valence-corrected chi connectivity index (χ0v) is 18.0. The number of imidazole rings is 1. The van der Waals surface area contributed by atoms with Crippen LogP contribution in [0.15, 0.2) is 42.7 Å². The van der Waals surface area contributed by atoms with E-state index in [0.717, 1.165) is 22.5 Å². The second-order valence-corrected chi connectivity index (χ2v) is 8.45. The Hall–Kier alpha value is -3.47. The standard InChI is InChI=1S/C21H19F3N6OS/c1-11(7-17(31)14-8-16-15(9-26-14)29-19(25)30(16)2)18-10-27-20(32-18)28-13-5-3-12(4-6-13)21(22,23)24/h3-6,8-11H,7H2,1-2H3,(H2,25,29)(H,27,28). The molecule has 11 heteroatoms. The summed E-state index contributed by atoms with van der Waals surface area (Å²) in [7, 11) is 1.77. The number of hydrogen-bond donors (Lipinski definition) is 2. The quantitative estimate of drug-likeness (QED) is 0.386. The number of Topliss-reactive ketones (excluding diaryl/α,β-unsaturated/α-hetero) is 1. The Kier molecular flexibility index (Phi) is 5.59. The van der Waals surface area contributed by atoms with E-state index in [0.29, 0.717) is 28.0 Å². The fourth-order valence-corrected chi connectivity index (χ4v) is 4.08. The molecule has 3 heterocycles. The Morgan fingerprint density at radius 2 is 1.94 bits per heavy atom. The molecule has 0 saturated heterocycles. The molecule has 0 amide bonds. The molecule has 166 valence electrons. The van der Waals surface area contributed by atoms with E-state index >= 15 is 0 Å². The number of fused-ring (bicyclic) bond motifs is 1. The van der Waals surface area contributed by atoms with Crippen molar-refractivity contribution in [3.63, 3.8) is 0 Å². The lowest BCUT2D eigenvalue weighted by molar-refractivity contribution is -0.137. The van der Waals surface area contributed by atoms with Crippen LogP contribution >= 0.6 is 11.3 Å². The van der Waals surface area contributed by atoms with E-state index in [9.17, 15) is 18.0 Å². The molecule has 3 aromatic heterocycles. The van der Waals surface area contributed by atoms with Crippen LogP contribution in [0.2, 0.25) is 0 Å². The fraction of sp³-hybridized carbons (Fsp3) is 0.238. The Balaban J connectivity index is 1.43. The molecule has 4 rings (SSSR count). The van der Waals surface area contributed by atoms with Gasteiger partial charge in [-0.25, -0.2) is 9.97 Å². The van der Waals surface area contributed by atoms with Gasteiger partial charge < -0.3 is 15.6 Å². The van der Waals surface area contributed by atoms with Crippen LogP contribution < -0.4 is 11.1 Å². The van der Waals surface area contributed by atoms with E-state index in [1.54, 1.807) is 23.9 Å². The summed E-state index contributed by atoms with van der Waals surface area (Å²) in [6, 6.07) is 6.40. The highest BCUT2D eigenvalue weighted by Crippen LogP contribution is 2.33. The number of aromatic nitrogens is 4. The summed E-state index contributed by atoms with van der Waals surface area (Å²) in [5, 5.41) is 3.52. The summed E-state index contributed by atoms with van der Waals surface area (Å²) >= 11 is 1.34. The summed E-state index contributed by atoms with van der Waals surface area (Å²) in [5.74, 6) is 0.111. The number of rotatable bonds is 6. The molecule has 1 unspecified atom stereocenters. The van der Waals surface area contributed by atoms with Crippen molar-refractivity contribution in [2.45, 2.75) is 25.4 Å². The molecule has 0 spiro atoms. The van der Waals surface area contributed by atoms with Gasteiger partial charge in [-0.2, -0.15) is 13.2 Å². The Morgan fingerprint density at radius 1 is 1.22 bits per heavy atom. The van der Waals surface area contributed by atoms with Crippen molar-refractivity contribution >= 4 is 44.9 Å². The lowest BCUT2D eigenvalue weighted by Gasteiger charge is -2.08. The minimum absolute atomic E-state index is 0.114. The average Bonchev–Trinajstić information content (AvgIpc) is 3.32. The zero-order valence-electron chi connectivity index (χ0n) is 17.1. The number of ketones is 1. The van der Waals surface area contributed by atoms with E-state index in [1.807, 2.05) is 6.92 Å². The van der Waals surface area contributed by atoms with Crippen molar-refractivity contribution < 1.29 is 18.0 Å². The molecule has 32 heavy (non-hydrogen) atoms. The molecular weight excluding hydrogens is 441 g/mol. The summed E-state index contributed by atoms with van der Waals surface area (Å²) in [6.07, 6.45) is -0.957. The minimum Gasteiger partial charge on any atom is -0.369 e. The van der Waals surface area contributed by atoms with Crippen molar-refractivity contribution in [3.05, 3.63) is 58.9 Å². The maximum absolute atomic E-state index is 12.8. The van der Waals surface area contributed by atoms with Gasteiger partial charge in [0.2, 0.25) is 5.95 Å². The summed E-state index contributed by atoms with van der Waals surface area (Å²) in [4.78, 5) is 26.3. The van der Waals surface area contributed by atoms with Crippen molar-refractivity contribution in [1.82, 2.24) is 19.5 Å². The SMILES string of the molecule is CC(CC(=O)c1cc2c(cn1)nc(N)n2C)c1cnc(Nc2ccc(C(F)(F)F)cc2)s1. The maximum Gasteiger partial charge on any atom is 0.416 e. The number of aryl methyl sites for hydroxylation is 1. The van der Waals surface area contributed by atoms with Gasteiger partial charge in [0.1, 0.15) is 11.2 Å². The largest absolute Gasteiger partial charge is 0.416 e. The lowest BCUT2D eigenvalue weighted by Crippen LogP contribution is -2.06. The van der Waals surface area contributed by atoms with Gasteiger partial charge in [0.15, 0.2) is 10.9 Å². The van der Waals surface area contributed by atoms with E-state index < -0.39 is 11.7 Å². The van der Waals surface area contributed by atoms with Crippen LogP contribution in [0.4, 0.5) is 29.9 Å². The number of pyridine rings is 1. The number of halogens is 3. The number of carbonyl (C=O) groups excluding carboxylic acids is 1. The molecule has 0 bridgehead atoms. The van der Waals surface area contributed by atoms with E-state index in [2.05, 4.69) is 20.3 Å². The minimum atomic E-state index is -4.38. The molecule has 1 atom stereocenters. The highest BCUT2D eigenvalue weighted by atomic mass is 32.1.